The first-order valence-corrected chi connectivity index (χ1v) is 4.31. The number of hydrogen-bond acceptors (Lipinski definition) is 1. The lowest BCUT2D eigenvalue weighted by Crippen LogP contribution is -2.27. The van der Waals surface area contributed by atoms with Crippen LogP contribution in [0.2, 0.25) is 0 Å². The predicted molar refractivity (Wildman–Crippen MR) is 43.0 cm³/mol. The standard InChI is InChI=1S/C9H18O/c1-4-7-10-9(2,3)8-5-6-8/h8H,4-7H2,1-3H3. The van der Waals surface area contributed by atoms with Gasteiger partial charge in [0.05, 0.1) is 5.60 Å². The molecule has 1 aliphatic carbocycles. The SMILES string of the molecule is CCCOC(C)(C)C1CC1. The Balaban J connectivity index is 2.20. The van der Waals surface area contributed by atoms with Crippen molar-refractivity contribution in [1.29, 1.82) is 0 Å². The van der Waals surface area contributed by atoms with Crippen LogP contribution in [0.1, 0.15) is 40.0 Å². The fourth-order valence-corrected chi connectivity index (χ4v) is 1.26. The van der Waals surface area contributed by atoms with Gasteiger partial charge in [0.2, 0.25) is 0 Å². The van der Waals surface area contributed by atoms with Crippen molar-refractivity contribution < 1.29 is 4.74 Å². The minimum absolute atomic E-state index is 0.163. The van der Waals surface area contributed by atoms with Gasteiger partial charge < -0.3 is 4.74 Å². The maximum atomic E-state index is 5.70. The maximum absolute atomic E-state index is 5.70. The fourth-order valence-electron chi connectivity index (χ4n) is 1.26. The van der Waals surface area contributed by atoms with Gasteiger partial charge in [-0.1, -0.05) is 6.92 Å². The number of hydrogen-bond donors (Lipinski definition) is 0. The molecule has 0 spiro atoms. The van der Waals surface area contributed by atoms with Crippen LogP contribution in [0, 0.1) is 5.92 Å². The van der Waals surface area contributed by atoms with Crippen molar-refractivity contribution in [3.05, 3.63) is 0 Å². The number of ether oxygens (including phenoxy) is 1. The molecule has 1 heteroatoms. The van der Waals surface area contributed by atoms with E-state index in [0.717, 1.165) is 18.9 Å². The lowest BCUT2D eigenvalue weighted by molar-refractivity contribution is -0.0335. The van der Waals surface area contributed by atoms with Gasteiger partial charge in [-0.2, -0.15) is 0 Å². The first-order valence-electron chi connectivity index (χ1n) is 4.31. The van der Waals surface area contributed by atoms with Crippen molar-refractivity contribution in [3.63, 3.8) is 0 Å². The summed E-state index contributed by atoms with van der Waals surface area (Å²) in [7, 11) is 0. The molecule has 0 atom stereocenters. The summed E-state index contributed by atoms with van der Waals surface area (Å²) in [5.41, 5.74) is 0.163. The van der Waals surface area contributed by atoms with Crippen LogP contribution in [-0.4, -0.2) is 12.2 Å². The average molecular weight is 142 g/mol. The molecule has 60 valence electrons. The second kappa shape index (κ2) is 2.91. The molecule has 0 amide bonds. The van der Waals surface area contributed by atoms with E-state index in [1.165, 1.54) is 12.8 Å². The van der Waals surface area contributed by atoms with E-state index >= 15 is 0 Å². The molecule has 1 rings (SSSR count). The van der Waals surface area contributed by atoms with Crippen molar-refractivity contribution >= 4 is 0 Å². The lowest BCUT2D eigenvalue weighted by Gasteiger charge is -2.24. The molecule has 1 nitrogen and oxygen atoms in total. The van der Waals surface area contributed by atoms with Crippen molar-refractivity contribution in [2.24, 2.45) is 5.92 Å². The van der Waals surface area contributed by atoms with Crippen LogP contribution in [0.25, 0.3) is 0 Å². The summed E-state index contributed by atoms with van der Waals surface area (Å²) in [6.45, 7) is 7.49. The zero-order valence-electron chi connectivity index (χ0n) is 7.31. The Morgan fingerprint density at radius 1 is 1.40 bits per heavy atom. The quantitative estimate of drug-likeness (QED) is 0.586. The second-order valence-electron chi connectivity index (χ2n) is 3.73. The summed E-state index contributed by atoms with van der Waals surface area (Å²) in [5, 5.41) is 0. The molecule has 0 aliphatic heterocycles. The first kappa shape index (κ1) is 8.06. The smallest absolute Gasteiger partial charge is 0.0654 e. The zero-order valence-corrected chi connectivity index (χ0v) is 7.31. The van der Waals surface area contributed by atoms with Gasteiger partial charge in [-0.15, -0.1) is 0 Å². The van der Waals surface area contributed by atoms with Gasteiger partial charge in [0.15, 0.2) is 0 Å². The highest BCUT2D eigenvalue weighted by atomic mass is 16.5. The zero-order chi connectivity index (χ0) is 7.61. The molecule has 1 saturated carbocycles. The average Bonchev–Trinajstić information content (AvgIpc) is 2.64. The minimum atomic E-state index is 0.163. The van der Waals surface area contributed by atoms with Crippen LogP contribution in [0.15, 0.2) is 0 Å². The molecule has 0 aromatic rings. The van der Waals surface area contributed by atoms with E-state index < -0.39 is 0 Å². The van der Waals surface area contributed by atoms with Gasteiger partial charge in [-0.25, -0.2) is 0 Å². The molecular formula is C9H18O. The van der Waals surface area contributed by atoms with Gasteiger partial charge in [-0.05, 0) is 39.0 Å². The minimum Gasteiger partial charge on any atom is -0.375 e. The number of rotatable bonds is 4. The Labute approximate surface area is 63.8 Å². The molecule has 0 saturated heterocycles. The summed E-state index contributed by atoms with van der Waals surface area (Å²) >= 11 is 0. The van der Waals surface area contributed by atoms with E-state index in [1.54, 1.807) is 0 Å². The fraction of sp³-hybridized carbons (Fsp3) is 1.00. The highest BCUT2D eigenvalue weighted by molar-refractivity contribution is 4.89. The van der Waals surface area contributed by atoms with E-state index in [1.807, 2.05) is 0 Å². The molecule has 0 unspecified atom stereocenters. The van der Waals surface area contributed by atoms with Crippen molar-refractivity contribution in [2.75, 3.05) is 6.61 Å². The largest absolute Gasteiger partial charge is 0.375 e. The summed E-state index contributed by atoms with van der Waals surface area (Å²) in [4.78, 5) is 0. The molecule has 1 fully saturated rings. The Hall–Kier alpha value is -0.0400. The molecule has 0 aromatic carbocycles. The Kier molecular flexibility index (Phi) is 2.35. The molecule has 1 aliphatic rings. The molecule has 10 heavy (non-hydrogen) atoms. The third-order valence-electron chi connectivity index (χ3n) is 2.24. The summed E-state index contributed by atoms with van der Waals surface area (Å²) in [5.74, 6) is 0.846. The van der Waals surface area contributed by atoms with Crippen molar-refractivity contribution in [3.8, 4) is 0 Å². The Bertz CT molecular complexity index is 103. The summed E-state index contributed by atoms with van der Waals surface area (Å²) in [6, 6.07) is 0. The van der Waals surface area contributed by atoms with Gasteiger partial charge in [0.25, 0.3) is 0 Å². The van der Waals surface area contributed by atoms with Crippen LogP contribution in [0.4, 0.5) is 0 Å². The molecule has 0 bridgehead atoms. The maximum Gasteiger partial charge on any atom is 0.0654 e. The highest BCUT2D eigenvalue weighted by Gasteiger charge is 2.38. The van der Waals surface area contributed by atoms with E-state index in [2.05, 4.69) is 20.8 Å². The predicted octanol–water partition coefficient (Wildman–Crippen LogP) is 2.60. The topological polar surface area (TPSA) is 9.23 Å². The summed E-state index contributed by atoms with van der Waals surface area (Å²) in [6.07, 6.45) is 3.88. The van der Waals surface area contributed by atoms with E-state index in [-0.39, 0.29) is 5.60 Å². The van der Waals surface area contributed by atoms with E-state index in [0.29, 0.717) is 0 Å². The molecule has 0 aromatic heterocycles. The Morgan fingerprint density at radius 2 is 2.00 bits per heavy atom. The van der Waals surface area contributed by atoms with Gasteiger partial charge in [-0.3, -0.25) is 0 Å². The lowest BCUT2D eigenvalue weighted by atomic mass is 10.0. The normalized spacial score (nSPS) is 19.5. The van der Waals surface area contributed by atoms with Gasteiger partial charge >= 0.3 is 0 Å². The van der Waals surface area contributed by atoms with E-state index in [4.69, 9.17) is 4.74 Å². The van der Waals surface area contributed by atoms with Crippen molar-refractivity contribution in [1.82, 2.24) is 0 Å². The molecule has 0 N–H and O–H groups in total. The third kappa shape index (κ3) is 1.98. The Morgan fingerprint density at radius 3 is 2.40 bits per heavy atom. The first-order chi connectivity index (χ1) is 4.67. The molecule has 0 radical (unpaired) electrons. The van der Waals surface area contributed by atoms with Crippen LogP contribution >= 0.6 is 0 Å². The second-order valence-corrected chi connectivity index (χ2v) is 3.73. The van der Waals surface area contributed by atoms with Crippen molar-refractivity contribution in [2.45, 2.75) is 45.6 Å². The summed E-state index contributed by atoms with van der Waals surface area (Å²) < 4.78 is 5.70. The van der Waals surface area contributed by atoms with E-state index in [9.17, 15) is 0 Å². The molecular weight excluding hydrogens is 124 g/mol. The van der Waals surface area contributed by atoms with Gasteiger partial charge in [0.1, 0.15) is 0 Å². The van der Waals surface area contributed by atoms with Gasteiger partial charge in [0, 0.05) is 6.61 Å². The monoisotopic (exact) mass is 142 g/mol. The van der Waals surface area contributed by atoms with Crippen LogP contribution in [0.5, 0.6) is 0 Å². The third-order valence-corrected chi connectivity index (χ3v) is 2.24. The van der Waals surface area contributed by atoms with Crippen LogP contribution in [-0.2, 0) is 4.74 Å². The van der Waals surface area contributed by atoms with Crippen LogP contribution in [0.3, 0.4) is 0 Å². The molecule has 0 heterocycles. The highest BCUT2D eigenvalue weighted by Crippen LogP contribution is 2.41. The van der Waals surface area contributed by atoms with Crippen LogP contribution < -0.4 is 0 Å².